The first-order chi connectivity index (χ1) is 8.61. The number of hydrogen-bond acceptors (Lipinski definition) is 3. The van der Waals surface area contributed by atoms with Gasteiger partial charge < -0.3 is 10.1 Å². The van der Waals surface area contributed by atoms with E-state index in [9.17, 15) is 4.79 Å². The van der Waals surface area contributed by atoms with Crippen LogP contribution in [0.3, 0.4) is 0 Å². The highest BCUT2D eigenvalue weighted by Crippen LogP contribution is 2.32. The summed E-state index contributed by atoms with van der Waals surface area (Å²) in [5.41, 5.74) is 2.16. The first-order valence-electron chi connectivity index (χ1n) is 6.50. The van der Waals surface area contributed by atoms with E-state index in [2.05, 4.69) is 12.2 Å². The first-order valence-corrected chi connectivity index (χ1v) is 7.38. The predicted molar refractivity (Wildman–Crippen MR) is 74.3 cm³/mol. The fraction of sp³-hybridized carbons (Fsp3) is 0.643. The molecule has 1 aliphatic rings. The van der Waals surface area contributed by atoms with Crippen molar-refractivity contribution in [1.82, 2.24) is 5.32 Å². The smallest absolute Gasteiger partial charge is 0.252 e. The number of carbonyl (C=O) groups is 1. The van der Waals surface area contributed by atoms with E-state index in [1.165, 1.54) is 16.9 Å². The number of amides is 1. The summed E-state index contributed by atoms with van der Waals surface area (Å²) >= 11 is 1.73. The van der Waals surface area contributed by atoms with Crippen molar-refractivity contribution in [2.75, 3.05) is 13.7 Å². The van der Waals surface area contributed by atoms with E-state index in [0.717, 1.165) is 24.3 Å². The van der Waals surface area contributed by atoms with Gasteiger partial charge in [0.05, 0.1) is 12.2 Å². The molecule has 0 radical (unpaired) electrons. The Morgan fingerprint density at radius 1 is 1.67 bits per heavy atom. The van der Waals surface area contributed by atoms with Crippen LogP contribution in [0.15, 0.2) is 5.38 Å². The minimum atomic E-state index is 0.0478. The van der Waals surface area contributed by atoms with Crippen LogP contribution in [-0.4, -0.2) is 25.7 Å². The van der Waals surface area contributed by atoms with Gasteiger partial charge in [0.15, 0.2) is 0 Å². The maximum Gasteiger partial charge on any atom is 0.252 e. The molecule has 1 heterocycles. The lowest BCUT2D eigenvalue weighted by atomic mass is 9.88. The highest BCUT2D eigenvalue weighted by atomic mass is 32.1. The Labute approximate surface area is 113 Å². The van der Waals surface area contributed by atoms with Gasteiger partial charge in [0.2, 0.25) is 0 Å². The largest absolute Gasteiger partial charge is 0.383 e. The van der Waals surface area contributed by atoms with Gasteiger partial charge in [0.1, 0.15) is 0 Å². The third-order valence-corrected chi connectivity index (χ3v) is 4.49. The third-order valence-electron chi connectivity index (χ3n) is 3.44. The quantitative estimate of drug-likeness (QED) is 0.910. The second kappa shape index (κ2) is 5.85. The van der Waals surface area contributed by atoms with Crippen LogP contribution >= 0.6 is 11.3 Å². The molecular formula is C14H21NO2S. The minimum absolute atomic E-state index is 0.0478. The maximum absolute atomic E-state index is 12.2. The van der Waals surface area contributed by atoms with E-state index in [1.807, 2.05) is 12.3 Å². The molecule has 0 aromatic carbocycles. The summed E-state index contributed by atoms with van der Waals surface area (Å²) < 4.78 is 5.04. The fourth-order valence-corrected chi connectivity index (χ4v) is 3.71. The zero-order chi connectivity index (χ0) is 13.1. The SMILES string of the molecule is COCC(C)NC(=O)c1csc2c1CCC(C)C2. The highest BCUT2D eigenvalue weighted by molar-refractivity contribution is 7.10. The van der Waals surface area contributed by atoms with E-state index in [0.29, 0.717) is 6.61 Å². The first kappa shape index (κ1) is 13.6. The molecule has 100 valence electrons. The maximum atomic E-state index is 12.2. The van der Waals surface area contributed by atoms with Gasteiger partial charge in [-0.15, -0.1) is 11.3 Å². The van der Waals surface area contributed by atoms with Crippen molar-refractivity contribution >= 4 is 17.2 Å². The van der Waals surface area contributed by atoms with Crippen LogP contribution in [0.5, 0.6) is 0 Å². The van der Waals surface area contributed by atoms with Gasteiger partial charge in [-0.1, -0.05) is 6.92 Å². The number of methoxy groups -OCH3 is 1. The van der Waals surface area contributed by atoms with Crippen LogP contribution in [0.4, 0.5) is 0 Å². The normalized spacial score (nSPS) is 20.3. The van der Waals surface area contributed by atoms with Crippen LogP contribution < -0.4 is 5.32 Å². The molecule has 0 spiro atoms. The number of rotatable bonds is 4. The molecule has 4 heteroatoms. The van der Waals surface area contributed by atoms with Crippen molar-refractivity contribution in [3.8, 4) is 0 Å². The molecule has 18 heavy (non-hydrogen) atoms. The van der Waals surface area contributed by atoms with Gasteiger partial charge in [-0.05, 0) is 37.7 Å². The molecule has 0 saturated heterocycles. The average molecular weight is 267 g/mol. The van der Waals surface area contributed by atoms with Crippen molar-refractivity contribution in [2.24, 2.45) is 5.92 Å². The summed E-state index contributed by atoms with van der Waals surface area (Å²) in [5.74, 6) is 0.797. The topological polar surface area (TPSA) is 38.3 Å². The number of nitrogens with one attached hydrogen (secondary N) is 1. The molecule has 1 aliphatic carbocycles. The number of carbonyl (C=O) groups excluding carboxylic acids is 1. The molecule has 0 saturated carbocycles. The summed E-state index contributed by atoms with van der Waals surface area (Å²) in [6.07, 6.45) is 3.36. The van der Waals surface area contributed by atoms with Crippen LogP contribution in [-0.2, 0) is 17.6 Å². The summed E-state index contributed by atoms with van der Waals surface area (Å²) in [7, 11) is 1.65. The summed E-state index contributed by atoms with van der Waals surface area (Å²) in [6.45, 7) is 4.79. The van der Waals surface area contributed by atoms with Gasteiger partial charge in [0.25, 0.3) is 5.91 Å². The Morgan fingerprint density at radius 3 is 3.17 bits per heavy atom. The zero-order valence-corrected chi connectivity index (χ0v) is 12.1. The summed E-state index contributed by atoms with van der Waals surface area (Å²) in [4.78, 5) is 13.6. The van der Waals surface area contributed by atoms with Crippen molar-refractivity contribution in [2.45, 2.75) is 39.2 Å². The molecule has 3 nitrogen and oxygen atoms in total. The van der Waals surface area contributed by atoms with Gasteiger partial charge >= 0.3 is 0 Å². The molecule has 1 amide bonds. The summed E-state index contributed by atoms with van der Waals surface area (Å²) in [6, 6.07) is 0.0561. The lowest BCUT2D eigenvalue weighted by Gasteiger charge is -2.19. The number of ether oxygens (including phenoxy) is 1. The van der Waals surface area contributed by atoms with Crippen molar-refractivity contribution in [3.05, 3.63) is 21.4 Å². The highest BCUT2D eigenvalue weighted by Gasteiger charge is 2.23. The Bertz CT molecular complexity index is 427. The Hall–Kier alpha value is -0.870. The van der Waals surface area contributed by atoms with Crippen molar-refractivity contribution in [3.63, 3.8) is 0 Å². The lowest BCUT2D eigenvalue weighted by molar-refractivity contribution is 0.0905. The second-order valence-electron chi connectivity index (χ2n) is 5.23. The standard InChI is InChI=1S/C14H21NO2S/c1-9-4-5-11-12(8-18-13(11)6-9)14(16)15-10(2)7-17-3/h8-10H,4-7H2,1-3H3,(H,15,16). The summed E-state index contributed by atoms with van der Waals surface area (Å²) in [5, 5.41) is 5.00. The molecule has 2 unspecified atom stereocenters. The monoisotopic (exact) mass is 267 g/mol. The van der Waals surface area contributed by atoms with Crippen molar-refractivity contribution in [1.29, 1.82) is 0 Å². The zero-order valence-electron chi connectivity index (χ0n) is 11.3. The van der Waals surface area contributed by atoms with E-state index in [-0.39, 0.29) is 11.9 Å². The molecule has 0 fully saturated rings. The average Bonchev–Trinajstić information content (AvgIpc) is 2.71. The van der Waals surface area contributed by atoms with Crippen LogP contribution in [0, 0.1) is 5.92 Å². The Morgan fingerprint density at radius 2 is 2.44 bits per heavy atom. The van der Waals surface area contributed by atoms with Gasteiger partial charge in [-0.25, -0.2) is 0 Å². The number of thiophene rings is 1. The third kappa shape index (κ3) is 2.93. The Balaban J connectivity index is 2.07. The minimum Gasteiger partial charge on any atom is -0.383 e. The molecular weight excluding hydrogens is 246 g/mol. The van der Waals surface area contributed by atoms with Crippen molar-refractivity contribution < 1.29 is 9.53 Å². The molecule has 1 aromatic heterocycles. The molecule has 0 bridgehead atoms. The van der Waals surface area contributed by atoms with Crippen LogP contribution in [0.2, 0.25) is 0 Å². The van der Waals surface area contributed by atoms with Gasteiger partial charge in [0, 0.05) is 23.4 Å². The Kier molecular flexibility index (Phi) is 4.40. The van der Waals surface area contributed by atoms with Gasteiger partial charge in [-0.3, -0.25) is 4.79 Å². The molecule has 1 aromatic rings. The number of fused-ring (bicyclic) bond motifs is 1. The van der Waals surface area contributed by atoms with Crippen LogP contribution in [0.25, 0.3) is 0 Å². The van der Waals surface area contributed by atoms with E-state index < -0.39 is 0 Å². The molecule has 2 atom stereocenters. The molecule has 2 rings (SSSR count). The predicted octanol–water partition coefficient (Wildman–Crippen LogP) is 2.64. The number of hydrogen-bond donors (Lipinski definition) is 1. The fourth-order valence-electron chi connectivity index (χ4n) is 2.46. The van der Waals surface area contributed by atoms with Crippen LogP contribution in [0.1, 0.15) is 41.1 Å². The van der Waals surface area contributed by atoms with Gasteiger partial charge in [-0.2, -0.15) is 0 Å². The second-order valence-corrected chi connectivity index (χ2v) is 6.19. The van der Waals surface area contributed by atoms with E-state index in [4.69, 9.17) is 4.74 Å². The lowest BCUT2D eigenvalue weighted by Crippen LogP contribution is -2.36. The molecule has 1 N–H and O–H groups in total. The molecule has 0 aliphatic heterocycles. The van der Waals surface area contributed by atoms with E-state index in [1.54, 1.807) is 18.4 Å². The van der Waals surface area contributed by atoms with E-state index >= 15 is 0 Å².